The highest BCUT2D eigenvalue weighted by atomic mass is 35.5. The van der Waals surface area contributed by atoms with E-state index in [1.54, 1.807) is 18.8 Å². The molecule has 0 saturated carbocycles. The number of nitrogens with two attached hydrogens (primary N) is 1. The van der Waals surface area contributed by atoms with Gasteiger partial charge in [-0.1, -0.05) is 0 Å². The molecule has 2 N–H and O–H groups in total. The first-order valence-corrected chi connectivity index (χ1v) is 9.32. The molecular formula is C11H24ClN3O3S2. The highest BCUT2D eigenvalue weighted by molar-refractivity contribution is 7.99. The molecule has 6 nitrogen and oxygen atoms in total. The topological polar surface area (TPSA) is 83.7 Å². The zero-order valence-electron chi connectivity index (χ0n) is 11.9. The Hall–Kier alpha value is 0.140. The van der Waals surface area contributed by atoms with Crippen molar-refractivity contribution >= 4 is 40.5 Å². The molecule has 0 radical (unpaired) electrons. The minimum absolute atomic E-state index is 0. The lowest BCUT2D eigenvalue weighted by atomic mass is 10.1. The maximum atomic E-state index is 11.7. The van der Waals surface area contributed by atoms with E-state index in [2.05, 4.69) is 4.90 Å². The van der Waals surface area contributed by atoms with Crippen molar-refractivity contribution in [1.82, 2.24) is 9.21 Å². The van der Waals surface area contributed by atoms with Gasteiger partial charge < -0.3 is 10.5 Å². The van der Waals surface area contributed by atoms with Crippen molar-refractivity contribution in [1.29, 1.82) is 0 Å². The number of rotatable bonds is 8. The predicted molar refractivity (Wildman–Crippen MR) is 85.6 cm³/mol. The third kappa shape index (κ3) is 6.28. The summed E-state index contributed by atoms with van der Waals surface area (Å²) in [5, 5.41) is 0. The van der Waals surface area contributed by atoms with Gasteiger partial charge in [0.1, 0.15) is 6.29 Å². The minimum Gasteiger partial charge on any atom is -0.322 e. The van der Waals surface area contributed by atoms with Gasteiger partial charge in [-0.15, -0.1) is 24.2 Å². The van der Waals surface area contributed by atoms with E-state index in [1.807, 2.05) is 0 Å². The Kier molecular flexibility index (Phi) is 9.28. The van der Waals surface area contributed by atoms with E-state index in [1.165, 1.54) is 10.6 Å². The van der Waals surface area contributed by atoms with Crippen molar-refractivity contribution < 1.29 is 13.2 Å². The van der Waals surface area contributed by atoms with E-state index in [4.69, 9.17) is 5.73 Å². The predicted octanol–water partition coefficient (Wildman–Crippen LogP) is 0.329. The lowest BCUT2D eigenvalue weighted by Gasteiger charge is -2.33. The highest BCUT2D eigenvalue weighted by Gasteiger charge is 2.29. The van der Waals surface area contributed by atoms with Crippen LogP contribution in [-0.4, -0.2) is 67.6 Å². The number of halogens is 1. The van der Waals surface area contributed by atoms with E-state index < -0.39 is 16.1 Å². The first kappa shape index (κ1) is 20.1. The van der Waals surface area contributed by atoms with Crippen LogP contribution in [0.4, 0.5) is 0 Å². The molecule has 1 saturated heterocycles. The average Bonchev–Trinajstić information content (AvgIpc) is 2.86. The lowest BCUT2D eigenvalue weighted by molar-refractivity contribution is -0.109. The summed E-state index contributed by atoms with van der Waals surface area (Å²) in [7, 11) is -1.60. The minimum atomic E-state index is -3.21. The molecule has 2 atom stereocenters. The molecule has 9 heteroatoms. The number of hydrogen-bond acceptors (Lipinski definition) is 6. The molecule has 1 aliphatic heterocycles. The van der Waals surface area contributed by atoms with Gasteiger partial charge in [-0.25, -0.2) is 8.42 Å². The summed E-state index contributed by atoms with van der Waals surface area (Å²) in [6.45, 7) is 0.898. The van der Waals surface area contributed by atoms with Crippen LogP contribution in [0.5, 0.6) is 0 Å². The van der Waals surface area contributed by atoms with Gasteiger partial charge in [0, 0.05) is 25.2 Å². The fraction of sp³-hybridized carbons (Fsp3) is 0.909. The third-order valence-electron chi connectivity index (χ3n) is 3.32. The number of hydrogen-bond donors (Lipinski definition) is 1. The van der Waals surface area contributed by atoms with Gasteiger partial charge in [0.25, 0.3) is 0 Å². The van der Waals surface area contributed by atoms with Gasteiger partial charge in [-0.3, -0.25) is 4.90 Å². The van der Waals surface area contributed by atoms with E-state index in [-0.39, 0.29) is 18.6 Å². The Bertz CT molecular complexity index is 388. The molecule has 0 aromatic carbocycles. The maximum absolute atomic E-state index is 11.7. The van der Waals surface area contributed by atoms with Crippen LogP contribution >= 0.6 is 24.2 Å². The standard InChI is InChI=1S/C11H23N3O3S2.ClH/c1-13(19(2,16)17)11(14-6-7-18-9-14)5-3-4-10(12)8-15;/h8,10-11H,3-7,9,12H2,1-2H3;1H. The summed E-state index contributed by atoms with van der Waals surface area (Å²) < 4.78 is 24.8. The molecule has 0 amide bonds. The Balaban J connectivity index is 0.00000361. The lowest BCUT2D eigenvalue weighted by Crippen LogP contribution is -2.47. The fourth-order valence-electron chi connectivity index (χ4n) is 2.08. The molecule has 0 aliphatic carbocycles. The number of carbonyl (C=O) groups is 1. The Labute approximate surface area is 131 Å². The molecule has 0 bridgehead atoms. The quantitative estimate of drug-likeness (QED) is 0.638. The van der Waals surface area contributed by atoms with Crippen LogP contribution in [0.15, 0.2) is 0 Å². The van der Waals surface area contributed by atoms with Crippen LogP contribution < -0.4 is 5.73 Å². The van der Waals surface area contributed by atoms with Crippen molar-refractivity contribution in [3.8, 4) is 0 Å². The van der Waals surface area contributed by atoms with Gasteiger partial charge in [0.2, 0.25) is 10.0 Å². The molecule has 120 valence electrons. The van der Waals surface area contributed by atoms with Gasteiger partial charge in [-0.2, -0.15) is 4.31 Å². The smallest absolute Gasteiger partial charge is 0.212 e. The van der Waals surface area contributed by atoms with E-state index in [9.17, 15) is 13.2 Å². The Morgan fingerprint density at radius 2 is 2.10 bits per heavy atom. The van der Waals surface area contributed by atoms with Crippen LogP contribution in [0.3, 0.4) is 0 Å². The summed E-state index contributed by atoms with van der Waals surface area (Å²) in [5.74, 6) is 1.88. The number of sulfonamides is 1. The van der Waals surface area contributed by atoms with Crippen molar-refractivity contribution in [3.05, 3.63) is 0 Å². The van der Waals surface area contributed by atoms with Crippen molar-refractivity contribution in [2.24, 2.45) is 5.73 Å². The maximum Gasteiger partial charge on any atom is 0.212 e. The molecule has 1 rings (SSSR count). The Morgan fingerprint density at radius 3 is 2.55 bits per heavy atom. The number of aldehydes is 1. The Morgan fingerprint density at radius 1 is 1.45 bits per heavy atom. The molecular weight excluding hydrogens is 322 g/mol. The second-order valence-corrected chi connectivity index (χ2v) is 7.96. The molecule has 2 unspecified atom stereocenters. The van der Waals surface area contributed by atoms with Crippen LogP contribution in [0.25, 0.3) is 0 Å². The summed E-state index contributed by atoms with van der Waals surface area (Å²) >= 11 is 1.81. The summed E-state index contributed by atoms with van der Waals surface area (Å²) in [5.41, 5.74) is 5.56. The zero-order valence-corrected chi connectivity index (χ0v) is 14.3. The number of nitrogens with zero attached hydrogens (tertiary/aromatic N) is 2. The molecule has 0 aromatic rings. The van der Waals surface area contributed by atoms with Crippen LogP contribution in [-0.2, 0) is 14.8 Å². The molecule has 20 heavy (non-hydrogen) atoms. The van der Waals surface area contributed by atoms with Crippen molar-refractivity contribution in [2.75, 3.05) is 31.5 Å². The third-order valence-corrected chi connectivity index (χ3v) is 5.59. The number of thioether (sulfide) groups is 1. The molecule has 1 heterocycles. The van der Waals surface area contributed by atoms with Gasteiger partial charge >= 0.3 is 0 Å². The molecule has 1 fully saturated rings. The summed E-state index contributed by atoms with van der Waals surface area (Å²) in [6.07, 6.45) is 3.86. The van der Waals surface area contributed by atoms with E-state index >= 15 is 0 Å². The van der Waals surface area contributed by atoms with Crippen molar-refractivity contribution in [2.45, 2.75) is 31.5 Å². The molecule has 0 spiro atoms. The first-order valence-electron chi connectivity index (χ1n) is 6.32. The second-order valence-electron chi connectivity index (χ2n) is 4.84. The molecule has 1 aliphatic rings. The van der Waals surface area contributed by atoms with Crippen LogP contribution in [0.2, 0.25) is 0 Å². The van der Waals surface area contributed by atoms with Crippen LogP contribution in [0.1, 0.15) is 19.3 Å². The second kappa shape index (κ2) is 9.22. The van der Waals surface area contributed by atoms with Gasteiger partial charge in [0.15, 0.2) is 0 Å². The fourth-order valence-corrected chi connectivity index (χ4v) is 3.79. The SMILES string of the molecule is CN(C(CCCC(N)C=O)N1CCSC1)S(C)(=O)=O.Cl. The zero-order chi connectivity index (χ0) is 14.5. The first-order chi connectivity index (χ1) is 8.86. The number of carbonyl (C=O) groups excluding carboxylic acids is 1. The van der Waals surface area contributed by atoms with Crippen molar-refractivity contribution in [3.63, 3.8) is 0 Å². The largest absolute Gasteiger partial charge is 0.322 e. The monoisotopic (exact) mass is 345 g/mol. The van der Waals surface area contributed by atoms with E-state index in [0.29, 0.717) is 12.8 Å². The normalized spacial score (nSPS) is 19.6. The summed E-state index contributed by atoms with van der Waals surface area (Å²) in [4.78, 5) is 12.6. The van der Waals surface area contributed by atoms with Gasteiger partial charge in [-0.05, 0) is 19.3 Å². The van der Waals surface area contributed by atoms with E-state index in [0.717, 1.165) is 30.9 Å². The average molecular weight is 346 g/mol. The molecule has 0 aromatic heterocycles. The van der Waals surface area contributed by atoms with Gasteiger partial charge in [0.05, 0.1) is 18.5 Å². The highest BCUT2D eigenvalue weighted by Crippen LogP contribution is 2.22. The van der Waals surface area contributed by atoms with Crippen LogP contribution in [0, 0.1) is 0 Å². The summed E-state index contributed by atoms with van der Waals surface area (Å²) in [6, 6.07) is -0.447.